The minimum absolute atomic E-state index is 0.0505. The Morgan fingerprint density at radius 1 is 1.05 bits per heavy atom. The Balaban J connectivity index is 1.73. The van der Waals surface area contributed by atoms with E-state index >= 15 is 0 Å². The van der Waals surface area contributed by atoms with Crippen molar-refractivity contribution >= 4 is 17.7 Å². The van der Waals surface area contributed by atoms with Crippen LogP contribution in [-0.4, -0.2) is 54.5 Å². The van der Waals surface area contributed by atoms with Gasteiger partial charge >= 0.3 is 12.3 Å². The molecule has 1 N–H and O–H groups in total. The third kappa shape index (κ3) is 6.68. The molecule has 212 valence electrons. The standard InChI is InChI=1S/C30H38F3N3O3/c1-5-6-9-17-35(19-30(31,32)33)27(37)26-22-13-8-7-12-20(22)21-14-10-15-23(25(21)26)36-18-11-16-24(36)34-28(38)39-29(2,3)4/h7-8,10,12-15,24,26H,5-6,9,11,16-19H2,1-4H3,(H,34,38). The molecule has 0 spiro atoms. The summed E-state index contributed by atoms with van der Waals surface area (Å²) in [6, 6.07) is 13.2. The van der Waals surface area contributed by atoms with Crippen molar-refractivity contribution in [3.05, 3.63) is 53.6 Å². The van der Waals surface area contributed by atoms with Gasteiger partial charge < -0.3 is 19.9 Å². The summed E-state index contributed by atoms with van der Waals surface area (Å²) in [5, 5.41) is 2.95. The van der Waals surface area contributed by atoms with Gasteiger partial charge in [0, 0.05) is 24.3 Å². The summed E-state index contributed by atoms with van der Waals surface area (Å²) < 4.78 is 46.3. The Morgan fingerprint density at radius 3 is 2.46 bits per heavy atom. The highest BCUT2D eigenvalue weighted by Gasteiger charge is 2.42. The fourth-order valence-corrected chi connectivity index (χ4v) is 5.62. The van der Waals surface area contributed by atoms with Crippen molar-refractivity contribution in [1.29, 1.82) is 0 Å². The molecule has 6 nitrogen and oxygen atoms in total. The molecule has 1 heterocycles. The van der Waals surface area contributed by atoms with Gasteiger partial charge in [-0.2, -0.15) is 13.2 Å². The maximum Gasteiger partial charge on any atom is 0.409 e. The molecule has 0 radical (unpaired) electrons. The molecule has 0 bridgehead atoms. The van der Waals surface area contributed by atoms with Gasteiger partial charge in [0.15, 0.2) is 0 Å². The van der Waals surface area contributed by atoms with E-state index in [1.54, 1.807) is 20.8 Å². The number of hydrogen-bond acceptors (Lipinski definition) is 4. The number of alkyl carbamates (subject to hydrolysis) is 1. The van der Waals surface area contributed by atoms with Gasteiger partial charge in [0.1, 0.15) is 18.3 Å². The molecular formula is C30H38F3N3O3. The molecule has 0 saturated carbocycles. The molecule has 1 aliphatic heterocycles. The summed E-state index contributed by atoms with van der Waals surface area (Å²) in [4.78, 5) is 29.7. The van der Waals surface area contributed by atoms with Gasteiger partial charge in [-0.1, -0.05) is 56.2 Å². The average Bonchev–Trinajstić information content (AvgIpc) is 3.43. The molecule has 1 fully saturated rings. The number of carbonyl (C=O) groups is 2. The molecule has 9 heteroatoms. The van der Waals surface area contributed by atoms with Crippen molar-refractivity contribution < 1.29 is 27.5 Å². The number of fused-ring (bicyclic) bond motifs is 3. The van der Waals surface area contributed by atoms with Crippen LogP contribution in [0.5, 0.6) is 0 Å². The molecule has 4 rings (SSSR count). The summed E-state index contributed by atoms with van der Waals surface area (Å²) in [5.41, 5.74) is 3.20. The van der Waals surface area contributed by atoms with E-state index in [4.69, 9.17) is 4.74 Å². The van der Waals surface area contributed by atoms with Gasteiger partial charge in [-0.15, -0.1) is 0 Å². The molecular weight excluding hydrogens is 507 g/mol. The zero-order valence-electron chi connectivity index (χ0n) is 23.1. The Bertz CT molecular complexity index is 1190. The van der Waals surface area contributed by atoms with Gasteiger partial charge in [0.25, 0.3) is 0 Å². The fraction of sp³-hybridized carbons (Fsp3) is 0.533. The highest BCUT2D eigenvalue weighted by molar-refractivity contribution is 5.99. The largest absolute Gasteiger partial charge is 0.444 e. The molecule has 2 unspecified atom stereocenters. The number of benzene rings is 2. The number of ether oxygens (including phenoxy) is 1. The lowest BCUT2D eigenvalue weighted by atomic mass is 9.93. The number of carbonyl (C=O) groups excluding carboxylic acids is 2. The van der Waals surface area contributed by atoms with Crippen molar-refractivity contribution in [2.75, 3.05) is 24.5 Å². The van der Waals surface area contributed by atoms with Crippen LogP contribution in [0.2, 0.25) is 0 Å². The molecule has 2 amide bonds. The predicted octanol–water partition coefficient (Wildman–Crippen LogP) is 6.83. The third-order valence-corrected chi connectivity index (χ3v) is 7.14. The fourth-order valence-electron chi connectivity index (χ4n) is 5.62. The number of rotatable bonds is 8. The maximum atomic E-state index is 14.0. The second-order valence-corrected chi connectivity index (χ2v) is 11.3. The van der Waals surface area contributed by atoms with Crippen LogP contribution in [0.15, 0.2) is 42.5 Å². The van der Waals surface area contributed by atoms with E-state index in [9.17, 15) is 22.8 Å². The number of anilines is 1. The SMILES string of the molecule is CCCCCN(CC(F)(F)F)C(=O)C1c2ccccc2-c2cccc(N3CCCC3NC(=O)OC(C)(C)C)c21. The lowest BCUT2D eigenvalue weighted by Crippen LogP contribution is -2.47. The summed E-state index contributed by atoms with van der Waals surface area (Å²) in [6.45, 7) is 6.77. The highest BCUT2D eigenvalue weighted by atomic mass is 19.4. The molecule has 0 aromatic heterocycles. The number of halogens is 3. The minimum atomic E-state index is -4.50. The van der Waals surface area contributed by atoms with E-state index in [2.05, 4.69) is 5.32 Å². The van der Waals surface area contributed by atoms with Gasteiger partial charge in [-0.25, -0.2) is 4.79 Å². The zero-order chi connectivity index (χ0) is 28.4. The van der Waals surface area contributed by atoms with Gasteiger partial charge in [0.2, 0.25) is 5.91 Å². The number of amides is 2. The van der Waals surface area contributed by atoms with E-state index in [1.807, 2.05) is 54.3 Å². The van der Waals surface area contributed by atoms with Crippen LogP contribution in [-0.2, 0) is 9.53 Å². The quantitative estimate of drug-likeness (QED) is 0.370. The topological polar surface area (TPSA) is 61.9 Å². The van der Waals surface area contributed by atoms with Crippen LogP contribution in [0.25, 0.3) is 11.1 Å². The number of nitrogens with one attached hydrogen (secondary N) is 1. The Morgan fingerprint density at radius 2 is 1.77 bits per heavy atom. The van der Waals surface area contributed by atoms with Crippen molar-refractivity contribution in [2.24, 2.45) is 0 Å². The molecule has 2 aliphatic rings. The predicted molar refractivity (Wildman–Crippen MR) is 146 cm³/mol. The van der Waals surface area contributed by atoms with Crippen molar-refractivity contribution in [1.82, 2.24) is 10.2 Å². The summed E-state index contributed by atoms with van der Waals surface area (Å²) >= 11 is 0. The first-order valence-electron chi connectivity index (χ1n) is 13.7. The monoisotopic (exact) mass is 545 g/mol. The molecule has 2 aromatic carbocycles. The molecule has 2 atom stereocenters. The van der Waals surface area contributed by atoms with Gasteiger partial charge in [0.05, 0.1) is 5.92 Å². The summed E-state index contributed by atoms with van der Waals surface area (Å²) in [7, 11) is 0. The van der Waals surface area contributed by atoms with Crippen LogP contribution in [0.3, 0.4) is 0 Å². The lowest BCUT2D eigenvalue weighted by molar-refractivity contribution is -0.161. The van der Waals surface area contributed by atoms with E-state index in [1.165, 1.54) is 0 Å². The van der Waals surface area contributed by atoms with Crippen molar-refractivity contribution in [2.45, 2.75) is 83.7 Å². The van der Waals surface area contributed by atoms with Crippen LogP contribution in [0.4, 0.5) is 23.7 Å². The van der Waals surface area contributed by atoms with E-state index in [-0.39, 0.29) is 12.7 Å². The first kappa shape index (κ1) is 28.8. The highest BCUT2D eigenvalue weighted by Crippen LogP contribution is 2.50. The number of alkyl halides is 3. The Hall–Kier alpha value is -3.23. The summed E-state index contributed by atoms with van der Waals surface area (Å²) in [6.07, 6.45) is -1.80. The molecule has 1 aliphatic carbocycles. The van der Waals surface area contributed by atoms with Crippen LogP contribution in [0.1, 0.15) is 76.8 Å². The van der Waals surface area contributed by atoms with E-state index < -0.39 is 36.2 Å². The zero-order valence-corrected chi connectivity index (χ0v) is 23.1. The number of hydrogen-bond donors (Lipinski definition) is 1. The van der Waals surface area contributed by atoms with Crippen molar-refractivity contribution in [3.63, 3.8) is 0 Å². The lowest BCUT2D eigenvalue weighted by Gasteiger charge is -2.33. The molecule has 1 saturated heterocycles. The van der Waals surface area contributed by atoms with Gasteiger partial charge in [-0.3, -0.25) is 4.79 Å². The first-order valence-corrected chi connectivity index (χ1v) is 13.7. The second-order valence-electron chi connectivity index (χ2n) is 11.3. The molecule has 39 heavy (non-hydrogen) atoms. The average molecular weight is 546 g/mol. The Labute approximate surface area is 228 Å². The second kappa shape index (κ2) is 11.5. The third-order valence-electron chi connectivity index (χ3n) is 7.14. The van der Waals surface area contributed by atoms with E-state index in [0.717, 1.165) is 41.0 Å². The Kier molecular flexibility index (Phi) is 8.47. The normalized spacial score (nSPS) is 18.5. The summed E-state index contributed by atoms with van der Waals surface area (Å²) in [5.74, 6) is -1.41. The van der Waals surface area contributed by atoms with Crippen LogP contribution in [0, 0.1) is 0 Å². The van der Waals surface area contributed by atoms with Crippen LogP contribution < -0.4 is 10.2 Å². The smallest absolute Gasteiger partial charge is 0.409 e. The van der Waals surface area contributed by atoms with E-state index in [0.29, 0.717) is 30.5 Å². The van der Waals surface area contributed by atoms with Crippen molar-refractivity contribution in [3.8, 4) is 11.1 Å². The minimum Gasteiger partial charge on any atom is -0.444 e. The van der Waals surface area contributed by atoms with Gasteiger partial charge in [-0.05, 0) is 62.8 Å². The number of unbranched alkanes of at least 4 members (excludes halogenated alkanes) is 2. The number of nitrogens with zero attached hydrogens (tertiary/aromatic N) is 2. The maximum absolute atomic E-state index is 14.0. The first-order chi connectivity index (χ1) is 18.4. The molecule has 2 aromatic rings. The van der Waals surface area contributed by atoms with Crippen LogP contribution >= 0.6 is 0 Å².